The van der Waals surface area contributed by atoms with E-state index in [0.29, 0.717) is 11.5 Å². The highest BCUT2D eigenvalue weighted by molar-refractivity contribution is 6.07. The molecule has 0 radical (unpaired) electrons. The number of rotatable bonds is 3. The molecule has 20 heavy (non-hydrogen) atoms. The SMILES string of the molecule is CC(C)C(=O)c1nn(-c2ccccn2)c2ccccc12. The lowest BCUT2D eigenvalue weighted by Gasteiger charge is -2.01. The van der Waals surface area contributed by atoms with Gasteiger partial charge in [0.25, 0.3) is 0 Å². The normalized spacial score (nSPS) is 11.2. The molecule has 3 rings (SSSR count). The Morgan fingerprint density at radius 3 is 2.55 bits per heavy atom. The van der Waals surface area contributed by atoms with Crippen LogP contribution in [0.25, 0.3) is 16.7 Å². The van der Waals surface area contributed by atoms with Crippen LogP contribution in [0.3, 0.4) is 0 Å². The number of Topliss-reactive ketones (excluding diaryl/α,β-unsaturated/α-hetero) is 1. The second-order valence-electron chi connectivity index (χ2n) is 4.98. The zero-order valence-corrected chi connectivity index (χ0v) is 11.4. The molecule has 2 heterocycles. The van der Waals surface area contributed by atoms with Crippen LogP contribution in [-0.4, -0.2) is 20.5 Å². The summed E-state index contributed by atoms with van der Waals surface area (Å²) in [4.78, 5) is 16.6. The maximum Gasteiger partial charge on any atom is 0.186 e. The van der Waals surface area contributed by atoms with Gasteiger partial charge in [0, 0.05) is 17.5 Å². The molecule has 0 saturated heterocycles. The minimum atomic E-state index is -0.0783. The Labute approximate surface area is 117 Å². The average molecular weight is 265 g/mol. The van der Waals surface area contributed by atoms with Crippen molar-refractivity contribution >= 4 is 16.7 Å². The first-order chi connectivity index (χ1) is 9.68. The van der Waals surface area contributed by atoms with Crippen LogP contribution in [0.2, 0.25) is 0 Å². The van der Waals surface area contributed by atoms with E-state index in [1.807, 2.05) is 56.3 Å². The summed E-state index contributed by atoms with van der Waals surface area (Å²) in [7, 11) is 0. The predicted octanol–water partition coefficient (Wildman–Crippen LogP) is 3.26. The first kappa shape index (κ1) is 12.5. The number of carbonyl (C=O) groups excluding carboxylic acids is 1. The number of ketones is 1. The fourth-order valence-corrected chi connectivity index (χ4v) is 2.18. The third-order valence-electron chi connectivity index (χ3n) is 3.21. The third-order valence-corrected chi connectivity index (χ3v) is 3.21. The van der Waals surface area contributed by atoms with Crippen LogP contribution < -0.4 is 0 Å². The van der Waals surface area contributed by atoms with Crippen LogP contribution in [-0.2, 0) is 0 Å². The molecule has 1 aromatic carbocycles. The second kappa shape index (κ2) is 4.89. The van der Waals surface area contributed by atoms with Gasteiger partial charge >= 0.3 is 0 Å². The maximum absolute atomic E-state index is 12.3. The molecule has 0 bridgehead atoms. The Balaban J connectivity index is 2.27. The highest BCUT2D eigenvalue weighted by atomic mass is 16.1. The number of fused-ring (bicyclic) bond motifs is 1. The van der Waals surface area contributed by atoms with Gasteiger partial charge < -0.3 is 0 Å². The molecule has 0 fully saturated rings. The highest BCUT2D eigenvalue weighted by Crippen LogP contribution is 2.23. The summed E-state index contributed by atoms with van der Waals surface area (Å²) in [5, 5.41) is 5.36. The number of pyridine rings is 1. The molecule has 0 unspecified atom stereocenters. The largest absolute Gasteiger partial charge is 0.292 e. The van der Waals surface area contributed by atoms with E-state index in [9.17, 15) is 4.79 Å². The van der Waals surface area contributed by atoms with Crippen LogP contribution in [0.15, 0.2) is 48.7 Å². The van der Waals surface area contributed by atoms with Gasteiger partial charge in [0.1, 0.15) is 5.69 Å². The van der Waals surface area contributed by atoms with E-state index in [1.54, 1.807) is 10.9 Å². The van der Waals surface area contributed by atoms with Crippen LogP contribution in [0.5, 0.6) is 0 Å². The quantitative estimate of drug-likeness (QED) is 0.683. The Morgan fingerprint density at radius 2 is 1.85 bits per heavy atom. The standard InChI is InChI=1S/C16H15N3O/c1-11(2)16(20)15-12-7-3-4-8-13(12)19(18-15)14-9-5-6-10-17-14/h3-11H,1-2H3. The zero-order chi connectivity index (χ0) is 14.1. The Kier molecular flexibility index (Phi) is 3.06. The average Bonchev–Trinajstić information content (AvgIpc) is 2.87. The number of hydrogen-bond acceptors (Lipinski definition) is 3. The Bertz CT molecular complexity index is 760. The number of nitrogens with zero attached hydrogens (tertiary/aromatic N) is 3. The maximum atomic E-state index is 12.3. The third kappa shape index (κ3) is 1.99. The molecule has 0 saturated carbocycles. The van der Waals surface area contributed by atoms with E-state index in [0.717, 1.165) is 10.9 Å². The van der Waals surface area contributed by atoms with Gasteiger partial charge in [0.15, 0.2) is 11.6 Å². The van der Waals surface area contributed by atoms with E-state index in [-0.39, 0.29) is 11.7 Å². The molecule has 0 amide bonds. The van der Waals surface area contributed by atoms with Gasteiger partial charge in [-0.25, -0.2) is 9.67 Å². The highest BCUT2D eigenvalue weighted by Gasteiger charge is 2.20. The van der Waals surface area contributed by atoms with E-state index in [2.05, 4.69) is 10.1 Å². The molecule has 100 valence electrons. The lowest BCUT2D eigenvalue weighted by Crippen LogP contribution is -2.09. The van der Waals surface area contributed by atoms with Gasteiger partial charge in [0.05, 0.1) is 5.52 Å². The second-order valence-corrected chi connectivity index (χ2v) is 4.98. The van der Waals surface area contributed by atoms with Gasteiger partial charge in [-0.15, -0.1) is 0 Å². The van der Waals surface area contributed by atoms with Crippen molar-refractivity contribution in [2.75, 3.05) is 0 Å². The lowest BCUT2D eigenvalue weighted by atomic mass is 10.0. The zero-order valence-electron chi connectivity index (χ0n) is 11.4. The summed E-state index contributed by atoms with van der Waals surface area (Å²) < 4.78 is 1.73. The van der Waals surface area contributed by atoms with Crippen LogP contribution >= 0.6 is 0 Å². The molecule has 0 spiro atoms. The summed E-state index contributed by atoms with van der Waals surface area (Å²) in [5.74, 6) is 0.688. The Hall–Kier alpha value is -2.49. The van der Waals surface area contributed by atoms with Gasteiger partial charge in [-0.1, -0.05) is 38.1 Å². The molecular formula is C16H15N3O. The van der Waals surface area contributed by atoms with Gasteiger partial charge in [0.2, 0.25) is 0 Å². The summed E-state index contributed by atoms with van der Waals surface area (Å²) in [6, 6.07) is 13.4. The molecule has 4 heteroatoms. The van der Waals surface area contributed by atoms with Gasteiger partial charge in [-0.05, 0) is 18.2 Å². The molecule has 3 aromatic rings. The van der Waals surface area contributed by atoms with Crippen LogP contribution in [0.4, 0.5) is 0 Å². The molecule has 4 nitrogen and oxygen atoms in total. The number of carbonyl (C=O) groups is 1. The first-order valence-electron chi connectivity index (χ1n) is 6.62. The molecule has 0 aliphatic carbocycles. The number of para-hydroxylation sites is 1. The molecule has 2 aromatic heterocycles. The van der Waals surface area contributed by atoms with Crippen molar-refractivity contribution in [3.63, 3.8) is 0 Å². The molecule has 0 aliphatic heterocycles. The van der Waals surface area contributed by atoms with E-state index >= 15 is 0 Å². The van der Waals surface area contributed by atoms with Crippen molar-refractivity contribution in [1.29, 1.82) is 0 Å². The van der Waals surface area contributed by atoms with Gasteiger partial charge in [-0.2, -0.15) is 5.10 Å². The molecule has 0 aliphatic rings. The summed E-state index contributed by atoms with van der Waals surface area (Å²) in [5.41, 5.74) is 1.41. The van der Waals surface area contributed by atoms with Crippen LogP contribution in [0.1, 0.15) is 24.3 Å². The van der Waals surface area contributed by atoms with Crippen molar-refractivity contribution < 1.29 is 4.79 Å². The molecular weight excluding hydrogens is 250 g/mol. The van der Waals surface area contributed by atoms with Crippen molar-refractivity contribution in [1.82, 2.24) is 14.8 Å². The van der Waals surface area contributed by atoms with Crippen molar-refractivity contribution in [3.8, 4) is 5.82 Å². The van der Waals surface area contributed by atoms with Gasteiger partial charge in [-0.3, -0.25) is 4.79 Å². The summed E-state index contributed by atoms with van der Waals surface area (Å²) >= 11 is 0. The Morgan fingerprint density at radius 1 is 1.10 bits per heavy atom. The van der Waals surface area contributed by atoms with E-state index in [4.69, 9.17) is 0 Å². The minimum absolute atomic E-state index is 0.0517. The number of aromatic nitrogens is 3. The molecule has 0 N–H and O–H groups in total. The predicted molar refractivity (Wildman–Crippen MR) is 78.0 cm³/mol. The fourth-order valence-electron chi connectivity index (χ4n) is 2.18. The smallest absolute Gasteiger partial charge is 0.186 e. The van der Waals surface area contributed by atoms with Crippen molar-refractivity contribution in [2.45, 2.75) is 13.8 Å². The molecule has 0 atom stereocenters. The summed E-state index contributed by atoms with van der Waals surface area (Å²) in [6.45, 7) is 3.77. The van der Waals surface area contributed by atoms with Crippen molar-refractivity contribution in [3.05, 3.63) is 54.4 Å². The number of benzene rings is 1. The minimum Gasteiger partial charge on any atom is -0.292 e. The monoisotopic (exact) mass is 265 g/mol. The van der Waals surface area contributed by atoms with Crippen LogP contribution in [0, 0.1) is 5.92 Å². The van der Waals surface area contributed by atoms with Crippen molar-refractivity contribution in [2.24, 2.45) is 5.92 Å². The number of hydrogen-bond donors (Lipinski definition) is 0. The first-order valence-corrected chi connectivity index (χ1v) is 6.62. The fraction of sp³-hybridized carbons (Fsp3) is 0.188. The topological polar surface area (TPSA) is 47.8 Å². The van der Waals surface area contributed by atoms with E-state index < -0.39 is 0 Å². The van der Waals surface area contributed by atoms with E-state index in [1.165, 1.54) is 0 Å². The summed E-state index contributed by atoms with van der Waals surface area (Å²) in [6.07, 6.45) is 1.72. The lowest BCUT2D eigenvalue weighted by molar-refractivity contribution is 0.0935.